The van der Waals surface area contributed by atoms with Crippen LogP contribution < -0.4 is 0 Å². The fraction of sp³-hybridized carbons (Fsp3) is 0.385. The van der Waals surface area contributed by atoms with Crippen LogP contribution in [0.3, 0.4) is 0 Å². The van der Waals surface area contributed by atoms with Crippen molar-refractivity contribution in [2.75, 3.05) is 6.61 Å². The quantitative estimate of drug-likeness (QED) is 0.721. The van der Waals surface area contributed by atoms with Gasteiger partial charge in [0, 0.05) is 12.2 Å². The van der Waals surface area contributed by atoms with Crippen LogP contribution in [-0.4, -0.2) is 11.7 Å². The van der Waals surface area contributed by atoms with E-state index in [4.69, 9.17) is 11.5 Å². The molecule has 0 heterocycles. The second-order valence-electron chi connectivity index (χ2n) is 4.34. The van der Waals surface area contributed by atoms with Gasteiger partial charge in [-0.2, -0.15) is 0 Å². The van der Waals surface area contributed by atoms with Crippen LogP contribution in [0.15, 0.2) is 24.3 Å². The fourth-order valence-corrected chi connectivity index (χ4v) is 1.33. The highest BCUT2D eigenvalue weighted by Gasteiger charge is 2.16. The average Bonchev–Trinajstić information content (AvgIpc) is 2.19. The van der Waals surface area contributed by atoms with Crippen LogP contribution >= 0.6 is 0 Å². The molecule has 1 aromatic rings. The summed E-state index contributed by atoms with van der Waals surface area (Å²) in [5, 5.41) is 9.12. The predicted octanol–water partition coefficient (Wildman–Crippen LogP) is 2.23. The lowest BCUT2D eigenvalue weighted by Crippen LogP contribution is -2.19. The standard InChI is InChI=1S/C13H16O/c1-4-11-5-7-12(8-6-11)9-13(2,3)10-14/h1,5-8,14H,9-10H2,2-3H3. The Morgan fingerprint density at radius 3 is 2.29 bits per heavy atom. The van der Waals surface area contributed by atoms with Gasteiger partial charge >= 0.3 is 0 Å². The van der Waals surface area contributed by atoms with Crippen LogP contribution in [0.5, 0.6) is 0 Å². The van der Waals surface area contributed by atoms with E-state index in [0.29, 0.717) is 0 Å². The largest absolute Gasteiger partial charge is 0.396 e. The fourth-order valence-electron chi connectivity index (χ4n) is 1.33. The maximum absolute atomic E-state index is 9.12. The van der Waals surface area contributed by atoms with Crippen LogP contribution in [0.1, 0.15) is 25.0 Å². The van der Waals surface area contributed by atoms with Crippen molar-refractivity contribution in [3.05, 3.63) is 35.4 Å². The van der Waals surface area contributed by atoms with Gasteiger partial charge in [-0.05, 0) is 29.5 Å². The van der Waals surface area contributed by atoms with E-state index in [1.165, 1.54) is 5.56 Å². The van der Waals surface area contributed by atoms with Gasteiger partial charge in [-0.25, -0.2) is 0 Å². The molecule has 0 saturated heterocycles. The third-order valence-electron chi connectivity index (χ3n) is 2.23. The van der Waals surface area contributed by atoms with Gasteiger partial charge in [-0.15, -0.1) is 6.42 Å². The van der Waals surface area contributed by atoms with Gasteiger partial charge in [0.05, 0.1) is 0 Å². The number of hydrogen-bond acceptors (Lipinski definition) is 1. The molecule has 0 fully saturated rings. The molecule has 0 saturated carbocycles. The zero-order valence-electron chi connectivity index (χ0n) is 8.75. The Hall–Kier alpha value is -1.26. The van der Waals surface area contributed by atoms with Crippen LogP contribution in [0, 0.1) is 17.8 Å². The van der Waals surface area contributed by atoms with E-state index in [9.17, 15) is 0 Å². The minimum Gasteiger partial charge on any atom is -0.396 e. The van der Waals surface area contributed by atoms with E-state index >= 15 is 0 Å². The second-order valence-corrected chi connectivity index (χ2v) is 4.34. The molecule has 0 amide bonds. The summed E-state index contributed by atoms with van der Waals surface area (Å²) in [6.07, 6.45) is 6.13. The van der Waals surface area contributed by atoms with Crippen LogP contribution in [-0.2, 0) is 6.42 Å². The Morgan fingerprint density at radius 2 is 1.86 bits per heavy atom. The number of benzene rings is 1. The second kappa shape index (κ2) is 4.30. The molecule has 1 rings (SSSR count). The van der Waals surface area contributed by atoms with Crippen molar-refractivity contribution >= 4 is 0 Å². The highest BCUT2D eigenvalue weighted by Crippen LogP contribution is 2.20. The van der Waals surface area contributed by atoms with E-state index in [2.05, 4.69) is 5.92 Å². The van der Waals surface area contributed by atoms with Gasteiger partial charge in [0.25, 0.3) is 0 Å². The lowest BCUT2D eigenvalue weighted by atomic mass is 9.86. The summed E-state index contributed by atoms with van der Waals surface area (Å²) in [6, 6.07) is 7.91. The summed E-state index contributed by atoms with van der Waals surface area (Å²) < 4.78 is 0. The van der Waals surface area contributed by atoms with Gasteiger partial charge < -0.3 is 5.11 Å². The predicted molar refractivity (Wildman–Crippen MR) is 58.9 cm³/mol. The minimum absolute atomic E-state index is 0.0579. The molecule has 14 heavy (non-hydrogen) atoms. The average molecular weight is 188 g/mol. The summed E-state index contributed by atoms with van der Waals surface area (Å²) in [7, 11) is 0. The first-order valence-electron chi connectivity index (χ1n) is 4.74. The monoisotopic (exact) mass is 188 g/mol. The van der Waals surface area contributed by atoms with Crippen LogP contribution in [0.2, 0.25) is 0 Å². The Kier molecular flexibility index (Phi) is 3.33. The molecule has 0 radical (unpaired) electrons. The Labute approximate surface area is 85.8 Å². The van der Waals surface area contributed by atoms with Crippen molar-refractivity contribution in [1.82, 2.24) is 0 Å². The molecule has 0 bridgehead atoms. The molecule has 0 aliphatic carbocycles. The Bertz CT molecular complexity index is 327. The minimum atomic E-state index is -0.0579. The van der Waals surface area contributed by atoms with Gasteiger partial charge in [0.15, 0.2) is 0 Å². The third-order valence-corrected chi connectivity index (χ3v) is 2.23. The first-order valence-corrected chi connectivity index (χ1v) is 4.74. The van der Waals surface area contributed by atoms with Gasteiger partial charge in [0.1, 0.15) is 0 Å². The topological polar surface area (TPSA) is 20.2 Å². The summed E-state index contributed by atoms with van der Waals surface area (Å²) in [5.74, 6) is 2.58. The Morgan fingerprint density at radius 1 is 1.29 bits per heavy atom. The molecule has 0 aliphatic rings. The van der Waals surface area contributed by atoms with E-state index in [1.54, 1.807) is 0 Å². The number of terminal acetylenes is 1. The normalized spacial score (nSPS) is 11.0. The molecule has 1 nitrogen and oxygen atoms in total. The maximum atomic E-state index is 9.12. The summed E-state index contributed by atoms with van der Waals surface area (Å²) >= 11 is 0. The molecule has 74 valence electrons. The highest BCUT2D eigenvalue weighted by atomic mass is 16.3. The van der Waals surface area contributed by atoms with Crippen molar-refractivity contribution in [3.8, 4) is 12.3 Å². The molecule has 1 heteroatoms. The van der Waals surface area contributed by atoms with Gasteiger partial charge in [-0.3, -0.25) is 0 Å². The van der Waals surface area contributed by atoms with Crippen molar-refractivity contribution in [1.29, 1.82) is 0 Å². The van der Waals surface area contributed by atoms with E-state index in [0.717, 1.165) is 12.0 Å². The SMILES string of the molecule is C#Cc1ccc(CC(C)(C)CO)cc1. The number of rotatable bonds is 3. The summed E-state index contributed by atoms with van der Waals surface area (Å²) in [4.78, 5) is 0. The van der Waals surface area contributed by atoms with E-state index in [1.807, 2.05) is 38.1 Å². The van der Waals surface area contributed by atoms with Crippen molar-refractivity contribution in [2.45, 2.75) is 20.3 Å². The summed E-state index contributed by atoms with van der Waals surface area (Å²) in [6.45, 7) is 4.29. The third kappa shape index (κ3) is 2.90. The first-order chi connectivity index (χ1) is 6.57. The van der Waals surface area contributed by atoms with Crippen molar-refractivity contribution in [3.63, 3.8) is 0 Å². The molecule has 1 aromatic carbocycles. The maximum Gasteiger partial charge on any atom is 0.0485 e. The van der Waals surface area contributed by atoms with Crippen LogP contribution in [0.4, 0.5) is 0 Å². The molecule has 0 spiro atoms. The van der Waals surface area contributed by atoms with Crippen molar-refractivity contribution < 1.29 is 5.11 Å². The molecular formula is C13H16O. The lowest BCUT2D eigenvalue weighted by molar-refractivity contribution is 0.159. The Balaban J connectivity index is 2.75. The zero-order valence-corrected chi connectivity index (χ0v) is 8.75. The molecule has 0 aliphatic heterocycles. The number of aliphatic hydroxyl groups excluding tert-OH is 1. The molecule has 0 aromatic heterocycles. The number of hydrogen-bond donors (Lipinski definition) is 1. The smallest absolute Gasteiger partial charge is 0.0485 e. The first kappa shape index (κ1) is 10.8. The van der Waals surface area contributed by atoms with Gasteiger partial charge in [-0.1, -0.05) is 31.9 Å². The van der Waals surface area contributed by atoms with Crippen molar-refractivity contribution in [2.24, 2.45) is 5.41 Å². The number of aliphatic hydroxyl groups is 1. The zero-order chi connectivity index (χ0) is 10.6. The van der Waals surface area contributed by atoms with E-state index in [-0.39, 0.29) is 12.0 Å². The summed E-state index contributed by atoms with van der Waals surface area (Å²) in [5.41, 5.74) is 2.05. The van der Waals surface area contributed by atoms with E-state index < -0.39 is 0 Å². The molecular weight excluding hydrogens is 172 g/mol. The highest BCUT2D eigenvalue weighted by molar-refractivity contribution is 5.34. The molecule has 0 atom stereocenters. The molecule has 0 unspecified atom stereocenters. The van der Waals surface area contributed by atoms with Gasteiger partial charge in [0.2, 0.25) is 0 Å². The molecule has 1 N–H and O–H groups in total. The lowest BCUT2D eigenvalue weighted by Gasteiger charge is -2.21. The van der Waals surface area contributed by atoms with Crippen LogP contribution in [0.25, 0.3) is 0 Å².